The second-order valence-corrected chi connectivity index (χ2v) is 3.92. The molecule has 0 aromatic carbocycles. The van der Waals surface area contributed by atoms with Crippen LogP contribution in [-0.4, -0.2) is 16.2 Å². The lowest BCUT2D eigenvalue weighted by atomic mass is 9.93. The van der Waals surface area contributed by atoms with E-state index in [1.54, 1.807) is 12.4 Å². The molecule has 1 atom stereocenters. The molecule has 0 aliphatic carbocycles. The van der Waals surface area contributed by atoms with Crippen molar-refractivity contribution in [1.29, 1.82) is 0 Å². The molecule has 0 fully saturated rings. The predicted octanol–water partition coefficient (Wildman–Crippen LogP) is 2.91. The minimum absolute atomic E-state index is 0.315. The van der Waals surface area contributed by atoms with Gasteiger partial charge in [-0.2, -0.15) is 5.10 Å². The van der Waals surface area contributed by atoms with Gasteiger partial charge in [0.25, 0.3) is 6.43 Å². The van der Waals surface area contributed by atoms with Crippen LogP contribution >= 0.6 is 0 Å². The molecule has 1 rings (SSSR count). The standard InChI is InChI=1S/C10H16F2N2/c1-7(2)8(3)9-4-13-14(5-9)6-10(11)12/h4-5,7-8,10H,6H2,1-3H3. The van der Waals surface area contributed by atoms with Crippen LogP contribution in [0.15, 0.2) is 12.4 Å². The van der Waals surface area contributed by atoms with Crippen LogP contribution in [0.2, 0.25) is 0 Å². The summed E-state index contributed by atoms with van der Waals surface area (Å²) in [5.74, 6) is 0.862. The van der Waals surface area contributed by atoms with Crippen molar-refractivity contribution in [2.45, 2.75) is 39.7 Å². The third-order valence-corrected chi connectivity index (χ3v) is 2.50. The molecular formula is C10H16F2N2. The molecule has 80 valence electrons. The second-order valence-electron chi connectivity index (χ2n) is 3.92. The molecule has 1 heterocycles. The fraction of sp³-hybridized carbons (Fsp3) is 0.700. The van der Waals surface area contributed by atoms with Crippen LogP contribution in [0.3, 0.4) is 0 Å². The summed E-state index contributed by atoms with van der Waals surface area (Å²) in [5, 5.41) is 3.90. The Kier molecular flexibility index (Phi) is 3.61. The first-order chi connectivity index (χ1) is 6.50. The Morgan fingerprint density at radius 3 is 2.50 bits per heavy atom. The predicted molar refractivity (Wildman–Crippen MR) is 51.5 cm³/mol. The van der Waals surface area contributed by atoms with Gasteiger partial charge in [0.15, 0.2) is 0 Å². The minimum Gasteiger partial charge on any atom is -0.267 e. The number of halogens is 2. The van der Waals surface area contributed by atoms with Crippen molar-refractivity contribution >= 4 is 0 Å². The lowest BCUT2D eigenvalue weighted by Crippen LogP contribution is -2.06. The number of rotatable bonds is 4. The van der Waals surface area contributed by atoms with Gasteiger partial charge < -0.3 is 0 Å². The molecule has 1 aromatic rings. The van der Waals surface area contributed by atoms with E-state index in [9.17, 15) is 8.78 Å². The average Bonchev–Trinajstić information content (AvgIpc) is 2.50. The fourth-order valence-electron chi connectivity index (χ4n) is 1.24. The fourth-order valence-corrected chi connectivity index (χ4v) is 1.24. The molecule has 2 nitrogen and oxygen atoms in total. The quantitative estimate of drug-likeness (QED) is 0.734. The van der Waals surface area contributed by atoms with Crippen LogP contribution in [0.1, 0.15) is 32.3 Å². The van der Waals surface area contributed by atoms with Crippen LogP contribution in [0.5, 0.6) is 0 Å². The molecule has 0 amide bonds. The van der Waals surface area contributed by atoms with E-state index in [4.69, 9.17) is 0 Å². The molecule has 0 spiro atoms. The molecule has 1 aromatic heterocycles. The third-order valence-electron chi connectivity index (χ3n) is 2.50. The number of aromatic nitrogens is 2. The molecule has 0 saturated carbocycles. The van der Waals surface area contributed by atoms with E-state index in [1.165, 1.54) is 4.68 Å². The Labute approximate surface area is 82.9 Å². The SMILES string of the molecule is CC(C)C(C)c1cnn(CC(F)F)c1. The maximum Gasteiger partial charge on any atom is 0.257 e. The monoisotopic (exact) mass is 202 g/mol. The van der Waals surface area contributed by atoms with Gasteiger partial charge in [0.1, 0.15) is 6.54 Å². The summed E-state index contributed by atoms with van der Waals surface area (Å²) in [6.45, 7) is 5.98. The van der Waals surface area contributed by atoms with Crippen molar-refractivity contribution < 1.29 is 8.78 Å². The van der Waals surface area contributed by atoms with Crippen LogP contribution in [0.25, 0.3) is 0 Å². The van der Waals surface area contributed by atoms with Gasteiger partial charge >= 0.3 is 0 Å². The van der Waals surface area contributed by atoms with E-state index in [0.29, 0.717) is 11.8 Å². The zero-order chi connectivity index (χ0) is 10.7. The normalized spacial score (nSPS) is 13.9. The molecule has 0 N–H and O–H groups in total. The van der Waals surface area contributed by atoms with Crippen molar-refractivity contribution in [3.63, 3.8) is 0 Å². The number of alkyl halides is 2. The highest BCUT2D eigenvalue weighted by atomic mass is 19.3. The smallest absolute Gasteiger partial charge is 0.257 e. The van der Waals surface area contributed by atoms with E-state index in [0.717, 1.165) is 5.56 Å². The minimum atomic E-state index is -2.34. The molecule has 0 saturated heterocycles. The van der Waals surface area contributed by atoms with Gasteiger partial charge in [-0.1, -0.05) is 20.8 Å². The van der Waals surface area contributed by atoms with Crippen molar-refractivity contribution in [2.75, 3.05) is 0 Å². The zero-order valence-electron chi connectivity index (χ0n) is 8.74. The van der Waals surface area contributed by atoms with Gasteiger partial charge in [0.2, 0.25) is 0 Å². The Bertz CT molecular complexity index is 281. The van der Waals surface area contributed by atoms with Gasteiger partial charge in [-0.05, 0) is 17.4 Å². The highest BCUT2D eigenvalue weighted by Crippen LogP contribution is 2.22. The Morgan fingerprint density at radius 2 is 2.00 bits per heavy atom. The van der Waals surface area contributed by atoms with Crippen molar-refractivity contribution in [1.82, 2.24) is 9.78 Å². The molecule has 14 heavy (non-hydrogen) atoms. The lowest BCUT2D eigenvalue weighted by Gasteiger charge is -2.12. The van der Waals surface area contributed by atoms with Crippen LogP contribution in [0.4, 0.5) is 8.78 Å². The van der Waals surface area contributed by atoms with Gasteiger partial charge in [0, 0.05) is 6.20 Å². The summed E-state index contributed by atoms with van der Waals surface area (Å²) < 4.78 is 25.4. The van der Waals surface area contributed by atoms with Crippen molar-refractivity contribution in [3.8, 4) is 0 Å². The Morgan fingerprint density at radius 1 is 1.36 bits per heavy atom. The van der Waals surface area contributed by atoms with Gasteiger partial charge in [-0.3, -0.25) is 4.68 Å². The third kappa shape index (κ3) is 2.79. The summed E-state index contributed by atoms with van der Waals surface area (Å²) in [4.78, 5) is 0. The molecular weight excluding hydrogens is 186 g/mol. The molecule has 0 aliphatic heterocycles. The lowest BCUT2D eigenvalue weighted by molar-refractivity contribution is 0.122. The summed E-state index contributed by atoms with van der Waals surface area (Å²) in [6, 6.07) is 0. The summed E-state index contributed by atoms with van der Waals surface area (Å²) in [7, 11) is 0. The van der Waals surface area contributed by atoms with Gasteiger partial charge in [-0.25, -0.2) is 8.78 Å². The summed E-state index contributed by atoms with van der Waals surface area (Å²) >= 11 is 0. The topological polar surface area (TPSA) is 17.8 Å². The van der Waals surface area contributed by atoms with Gasteiger partial charge in [-0.15, -0.1) is 0 Å². The highest BCUT2D eigenvalue weighted by Gasteiger charge is 2.13. The maximum absolute atomic E-state index is 12.0. The first kappa shape index (κ1) is 11.1. The largest absolute Gasteiger partial charge is 0.267 e. The zero-order valence-corrected chi connectivity index (χ0v) is 8.74. The van der Waals surface area contributed by atoms with Gasteiger partial charge in [0.05, 0.1) is 6.20 Å². The summed E-state index contributed by atoms with van der Waals surface area (Å²) in [6.07, 6.45) is 1.04. The first-order valence-electron chi connectivity index (χ1n) is 4.81. The first-order valence-corrected chi connectivity index (χ1v) is 4.81. The number of nitrogens with zero attached hydrogens (tertiary/aromatic N) is 2. The summed E-state index contributed by atoms with van der Waals surface area (Å²) in [5.41, 5.74) is 1.03. The van der Waals surface area contributed by atoms with Crippen LogP contribution < -0.4 is 0 Å². The molecule has 4 heteroatoms. The Balaban J connectivity index is 2.67. The molecule has 0 aliphatic rings. The average molecular weight is 202 g/mol. The Hall–Kier alpha value is -0.930. The van der Waals surface area contributed by atoms with E-state index in [2.05, 4.69) is 25.9 Å². The molecule has 0 radical (unpaired) electrons. The molecule has 0 bridgehead atoms. The molecule has 1 unspecified atom stereocenters. The second kappa shape index (κ2) is 4.53. The van der Waals surface area contributed by atoms with Crippen molar-refractivity contribution in [2.24, 2.45) is 5.92 Å². The maximum atomic E-state index is 12.0. The van der Waals surface area contributed by atoms with E-state index in [1.807, 2.05) is 0 Å². The highest BCUT2D eigenvalue weighted by molar-refractivity contribution is 5.10. The van der Waals surface area contributed by atoms with Crippen LogP contribution in [0, 0.1) is 5.92 Å². The van der Waals surface area contributed by atoms with E-state index >= 15 is 0 Å². The van der Waals surface area contributed by atoms with Crippen molar-refractivity contribution in [3.05, 3.63) is 18.0 Å². The number of hydrogen-bond donors (Lipinski definition) is 0. The van der Waals surface area contributed by atoms with E-state index < -0.39 is 6.43 Å². The van der Waals surface area contributed by atoms with E-state index in [-0.39, 0.29) is 6.54 Å². The van der Waals surface area contributed by atoms with Crippen LogP contribution in [-0.2, 0) is 6.54 Å². The number of hydrogen-bond acceptors (Lipinski definition) is 1.